The van der Waals surface area contributed by atoms with Crippen LogP contribution in [0.1, 0.15) is 13.3 Å². The molecular formula is C22H21N5O4. The number of aromatic nitrogens is 1. The number of carbonyl (C=O) groups is 2. The highest BCUT2D eigenvalue weighted by atomic mass is 16.6. The van der Waals surface area contributed by atoms with Crippen LogP contribution >= 0.6 is 0 Å². The Kier molecular flexibility index (Phi) is 5.24. The molecular weight excluding hydrogens is 398 g/mol. The molecule has 1 aliphatic heterocycles. The van der Waals surface area contributed by atoms with Gasteiger partial charge in [-0.3, -0.25) is 24.7 Å². The van der Waals surface area contributed by atoms with E-state index in [0.29, 0.717) is 28.0 Å². The van der Waals surface area contributed by atoms with Crippen LogP contribution in [-0.4, -0.2) is 41.4 Å². The molecule has 4 rings (SSSR count). The number of likely N-dealkylation sites (N-methyl/N-ethyl adjacent to an activating group) is 1. The number of amides is 2. The average molecular weight is 419 g/mol. The second-order valence-electron chi connectivity index (χ2n) is 7.50. The Labute approximate surface area is 178 Å². The first kappa shape index (κ1) is 20.3. The number of benzene rings is 2. The topological polar surface area (TPSA) is 109 Å². The fraction of sp³-hybridized carbons (Fsp3) is 0.227. The van der Waals surface area contributed by atoms with Crippen molar-refractivity contribution in [2.45, 2.75) is 19.4 Å². The molecule has 31 heavy (non-hydrogen) atoms. The highest BCUT2D eigenvalue weighted by Crippen LogP contribution is 2.33. The molecule has 0 bridgehead atoms. The van der Waals surface area contributed by atoms with Crippen molar-refractivity contribution in [3.05, 3.63) is 64.8 Å². The Morgan fingerprint density at radius 2 is 2.03 bits per heavy atom. The number of nitrogens with one attached hydrogen (secondary N) is 1. The van der Waals surface area contributed by atoms with Crippen LogP contribution in [0.5, 0.6) is 0 Å². The Bertz CT molecular complexity index is 1200. The third-order valence-electron chi connectivity index (χ3n) is 5.33. The number of fused-ring (bicyclic) bond motifs is 2. The van der Waals surface area contributed by atoms with Crippen molar-refractivity contribution in [1.82, 2.24) is 4.98 Å². The molecule has 1 N–H and O–H groups in total. The summed E-state index contributed by atoms with van der Waals surface area (Å²) in [6, 6.07) is 13.2. The van der Waals surface area contributed by atoms with Gasteiger partial charge in [0.15, 0.2) is 0 Å². The van der Waals surface area contributed by atoms with E-state index in [-0.39, 0.29) is 36.5 Å². The molecule has 1 aromatic heterocycles. The molecule has 9 heteroatoms. The summed E-state index contributed by atoms with van der Waals surface area (Å²) in [6.07, 6.45) is 1.75. The summed E-state index contributed by atoms with van der Waals surface area (Å²) in [6.45, 7) is 1.85. The van der Waals surface area contributed by atoms with Gasteiger partial charge in [0, 0.05) is 31.8 Å². The first-order valence-electron chi connectivity index (χ1n) is 9.81. The van der Waals surface area contributed by atoms with E-state index < -0.39 is 4.92 Å². The van der Waals surface area contributed by atoms with Crippen LogP contribution in [0.2, 0.25) is 0 Å². The summed E-state index contributed by atoms with van der Waals surface area (Å²) >= 11 is 0. The molecule has 2 aromatic carbocycles. The first-order valence-corrected chi connectivity index (χ1v) is 9.81. The molecule has 0 saturated heterocycles. The van der Waals surface area contributed by atoms with Gasteiger partial charge in [-0.15, -0.1) is 0 Å². The zero-order valence-electron chi connectivity index (χ0n) is 17.1. The number of nitro benzene ring substituents is 1. The monoisotopic (exact) mass is 419 g/mol. The largest absolute Gasteiger partial charge is 0.363 e. The predicted molar refractivity (Wildman–Crippen MR) is 118 cm³/mol. The molecule has 0 radical (unpaired) electrons. The highest BCUT2D eigenvalue weighted by Gasteiger charge is 2.30. The summed E-state index contributed by atoms with van der Waals surface area (Å²) in [4.78, 5) is 44.1. The zero-order chi connectivity index (χ0) is 22.1. The lowest BCUT2D eigenvalue weighted by Gasteiger charge is -2.30. The van der Waals surface area contributed by atoms with Crippen molar-refractivity contribution < 1.29 is 14.5 Å². The van der Waals surface area contributed by atoms with Gasteiger partial charge in [0.05, 0.1) is 33.9 Å². The molecule has 158 valence electrons. The molecule has 2 heterocycles. The number of non-ortho nitro benzene ring substituents is 1. The molecule has 1 atom stereocenters. The minimum Gasteiger partial charge on any atom is -0.363 e. The molecule has 2 amide bonds. The van der Waals surface area contributed by atoms with E-state index in [0.717, 1.165) is 0 Å². The maximum Gasteiger partial charge on any atom is 0.278 e. The maximum atomic E-state index is 13.3. The van der Waals surface area contributed by atoms with Crippen molar-refractivity contribution in [3.8, 4) is 0 Å². The minimum absolute atomic E-state index is 0.0103. The van der Waals surface area contributed by atoms with Crippen molar-refractivity contribution in [1.29, 1.82) is 0 Å². The quantitative estimate of drug-likeness (QED) is 0.513. The average Bonchev–Trinajstić information content (AvgIpc) is 2.86. The van der Waals surface area contributed by atoms with Crippen molar-refractivity contribution in [2.75, 3.05) is 28.7 Å². The number of hydrogen-bond acceptors (Lipinski definition) is 6. The minimum atomic E-state index is -0.446. The van der Waals surface area contributed by atoms with E-state index in [1.807, 2.05) is 13.0 Å². The number of para-hydroxylation sites is 2. The van der Waals surface area contributed by atoms with Crippen LogP contribution in [0.25, 0.3) is 10.9 Å². The van der Waals surface area contributed by atoms with Crippen LogP contribution in [0.15, 0.2) is 54.7 Å². The molecule has 1 aliphatic rings. The van der Waals surface area contributed by atoms with E-state index in [1.165, 1.54) is 6.07 Å². The smallest absolute Gasteiger partial charge is 0.278 e. The lowest BCUT2D eigenvalue weighted by molar-refractivity contribution is -0.383. The van der Waals surface area contributed by atoms with E-state index in [1.54, 1.807) is 59.4 Å². The lowest BCUT2D eigenvalue weighted by atomic mass is 10.1. The van der Waals surface area contributed by atoms with Gasteiger partial charge in [0.1, 0.15) is 5.52 Å². The Hall–Kier alpha value is -4.01. The highest BCUT2D eigenvalue weighted by molar-refractivity contribution is 6.06. The molecule has 0 aliphatic carbocycles. The van der Waals surface area contributed by atoms with Crippen LogP contribution in [0.3, 0.4) is 0 Å². The predicted octanol–water partition coefficient (Wildman–Crippen LogP) is 3.34. The second kappa shape index (κ2) is 8.02. The number of rotatable bonds is 4. The lowest BCUT2D eigenvalue weighted by Crippen LogP contribution is -2.44. The van der Waals surface area contributed by atoms with Gasteiger partial charge in [0.2, 0.25) is 11.8 Å². The number of carbonyl (C=O) groups excluding carboxylic acids is 2. The summed E-state index contributed by atoms with van der Waals surface area (Å²) in [5.74, 6) is -0.337. The Morgan fingerprint density at radius 1 is 1.26 bits per heavy atom. The summed E-state index contributed by atoms with van der Waals surface area (Å²) in [7, 11) is 1.74. The SMILES string of the molecule is C[C@H]1CC(=O)Nc2ccccc2N1C(=O)CN(C)c1ccc([N+](=O)[O-])c2cccnc12. The molecule has 3 aromatic rings. The van der Waals surface area contributed by atoms with Gasteiger partial charge in [-0.1, -0.05) is 12.1 Å². The van der Waals surface area contributed by atoms with Crippen molar-refractivity contribution >= 4 is 45.5 Å². The van der Waals surface area contributed by atoms with Crippen LogP contribution in [-0.2, 0) is 9.59 Å². The molecule has 0 spiro atoms. The van der Waals surface area contributed by atoms with E-state index in [2.05, 4.69) is 10.3 Å². The van der Waals surface area contributed by atoms with Crippen LogP contribution < -0.4 is 15.1 Å². The standard InChI is InChI=1S/C22H21N5O4/c1-14-12-20(28)24-16-7-3-4-8-18(16)26(14)21(29)13-25(2)19-10-9-17(27(30)31)15-6-5-11-23-22(15)19/h3-11,14H,12-13H2,1-2H3,(H,24,28)/t14-/m0/s1. The molecule has 0 unspecified atom stereocenters. The molecule has 9 nitrogen and oxygen atoms in total. The number of pyridine rings is 1. The maximum absolute atomic E-state index is 13.3. The normalized spacial score (nSPS) is 15.7. The fourth-order valence-corrected chi connectivity index (χ4v) is 3.94. The zero-order valence-corrected chi connectivity index (χ0v) is 17.1. The van der Waals surface area contributed by atoms with Crippen LogP contribution in [0, 0.1) is 10.1 Å². The fourth-order valence-electron chi connectivity index (χ4n) is 3.94. The van der Waals surface area contributed by atoms with E-state index >= 15 is 0 Å². The van der Waals surface area contributed by atoms with E-state index in [4.69, 9.17) is 0 Å². The van der Waals surface area contributed by atoms with Crippen molar-refractivity contribution in [2.24, 2.45) is 0 Å². The Morgan fingerprint density at radius 3 is 2.81 bits per heavy atom. The van der Waals surface area contributed by atoms with Crippen molar-refractivity contribution in [3.63, 3.8) is 0 Å². The van der Waals surface area contributed by atoms with E-state index in [9.17, 15) is 19.7 Å². The van der Waals surface area contributed by atoms with Gasteiger partial charge >= 0.3 is 0 Å². The number of anilines is 3. The van der Waals surface area contributed by atoms with Gasteiger partial charge in [-0.25, -0.2) is 0 Å². The number of nitro groups is 1. The number of nitrogens with zero attached hydrogens (tertiary/aromatic N) is 4. The van der Waals surface area contributed by atoms with Gasteiger partial charge in [-0.2, -0.15) is 0 Å². The summed E-state index contributed by atoms with van der Waals surface area (Å²) < 4.78 is 0. The second-order valence-corrected chi connectivity index (χ2v) is 7.50. The van der Waals surface area contributed by atoms with Gasteiger partial charge < -0.3 is 15.1 Å². The summed E-state index contributed by atoms with van der Waals surface area (Å²) in [5, 5.41) is 14.6. The van der Waals surface area contributed by atoms with Gasteiger partial charge in [-0.05, 0) is 37.3 Å². The number of hydrogen-bond donors (Lipinski definition) is 1. The Balaban J connectivity index is 1.67. The molecule has 0 saturated carbocycles. The van der Waals surface area contributed by atoms with Crippen LogP contribution in [0.4, 0.5) is 22.7 Å². The summed E-state index contributed by atoms with van der Waals surface area (Å²) in [5.41, 5.74) is 2.26. The first-order chi connectivity index (χ1) is 14.9. The third-order valence-corrected chi connectivity index (χ3v) is 5.33. The van der Waals surface area contributed by atoms with Gasteiger partial charge in [0.25, 0.3) is 5.69 Å². The third kappa shape index (κ3) is 3.77. The molecule has 0 fully saturated rings.